The van der Waals surface area contributed by atoms with E-state index in [4.69, 9.17) is 0 Å². The maximum Gasteiger partial charge on any atom is 0.267 e. The summed E-state index contributed by atoms with van der Waals surface area (Å²) >= 11 is 1.28. The molecule has 0 radical (unpaired) electrons. The molecular weight excluding hydrogens is 461 g/mol. The fourth-order valence-electron chi connectivity index (χ4n) is 3.49. The lowest BCUT2D eigenvalue weighted by Crippen LogP contribution is -2.11. The number of aromatic nitrogens is 3. The van der Waals surface area contributed by atoms with Crippen LogP contribution in [0.15, 0.2) is 91.3 Å². The number of carbonyl (C=O) groups is 1. The highest BCUT2D eigenvalue weighted by Crippen LogP contribution is 2.29. The van der Waals surface area contributed by atoms with Crippen molar-refractivity contribution in [3.8, 4) is 21.8 Å². The lowest BCUT2D eigenvalue weighted by atomic mass is 10.1. The molecule has 2 N–H and O–H groups in total. The second-order valence-electron chi connectivity index (χ2n) is 7.75. The molecule has 2 aromatic heterocycles. The molecule has 2 heterocycles. The number of aryl methyl sites for hydroxylation is 1. The van der Waals surface area contributed by atoms with Crippen LogP contribution in [-0.4, -0.2) is 20.9 Å². The van der Waals surface area contributed by atoms with E-state index in [1.807, 2.05) is 60.7 Å². The highest BCUT2D eigenvalue weighted by molar-refractivity contribution is 7.17. The smallest absolute Gasteiger partial charge is 0.267 e. The van der Waals surface area contributed by atoms with Crippen LogP contribution in [0.2, 0.25) is 0 Å². The van der Waals surface area contributed by atoms with Crippen molar-refractivity contribution < 1.29 is 9.18 Å². The van der Waals surface area contributed by atoms with Crippen LogP contribution in [0.1, 0.15) is 15.4 Å². The van der Waals surface area contributed by atoms with E-state index in [9.17, 15) is 9.18 Å². The number of amides is 1. The maximum absolute atomic E-state index is 13.2. The minimum Gasteiger partial charge on any atom is -0.340 e. The fraction of sp³-hybridized carbons (Fsp3) is 0.0370. The van der Waals surface area contributed by atoms with Gasteiger partial charge < -0.3 is 10.6 Å². The Bertz CT molecular complexity index is 1470. The average molecular weight is 482 g/mol. The first-order chi connectivity index (χ1) is 17.0. The van der Waals surface area contributed by atoms with E-state index in [1.54, 1.807) is 19.1 Å². The van der Waals surface area contributed by atoms with Crippen LogP contribution in [0.5, 0.6) is 0 Å². The number of halogens is 1. The van der Waals surface area contributed by atoms with Crippen molar-refractivity contribution in [1.82, 2.24) is 15.0 Å². The van der Waals surface area contributed by atoms with Gasteiger partial charge in [-0.05, 0) is 55.5 Å². The number of benzene rings is 3. The van der Waals surface area contributed by atoms with Gasteiger partial charge in [-0.25, -0.2) is 19.3 Å². The number of nitrogens with one attached hydrogen (secondary N) is 2. The quantitative estimate of drug-likeness (QED) is 0.282. The van der Waals surface area contributed by atoms with E-state index in [2.05, 4.69) is 25.6 Å². The molecule has 0 atom stereocenters. The molecule has 5 aromatic rings. The number of carbonyl (C=O) groups excluding carboxylic acids is 1. The van der Waals surface area contributed by atoms with Gasteiger partial charge in [0.2, 0.25) is 0 Å². The molecule has 0 unspecified atom stereocenters. The van der Waals surface area contributed by atoms with Crippen LogP contribution >= 0.6 is 11.3 Å². The third-order valence-electron chi connectivity index (χ3n) is 5.25. The first kappa shape index (κ1) is 22.4. The van der Waals surface area contributed by atoms with Crippen LogP contribution in [0.4, 0.5) is 21.6 Å². The second-order valence-corrected chi connectivity index (χ2v) is 8.75. The number of nitrogens with zero attached hydrogens (tertiary/aromatic N) is 3. The summed E-state index contributed by atoms with van der Waals surface area (Å²) in [5, 5.41) is 6.85. The van der Waals surface area contributed by atoms with E-state index < -0.39 is 0 Å². The van der Waals surface area contributed by atoms with Gasteiger partial charge in [0.15, 0.2) is 0 Å². The Labute approximate surface area is 205 Å². The van der Waals surface area contributed by atoms with Crippen LogP contribution in [-0.2, 0) is 0 Å². The van der Waals surface area contributed by atoms with Crippen LogP contribution in [0, 0.1) is 12.7 Å². The van der Waals surface area contributed by atoms with E-state index in [-0.39, 0.29) is 11.7 Å². The molecule has 0 fully saturated rings. The van der Waals surface area contributed by atoms with Gasteiger partial charge in [-0.2, -0.15) is 0 Å². The van der Waals surface area contributed by atoms with E-state index >= 15 is 0 Å². The summed E-state index contributed by atoms with van der Waals surface area (Å²) in [7, 11) is 0. The Kier molecular flexibility index (Phi) is 6.28. The summed E-state index contributed by atoms with van der Waals surface area (Å²) in [5.41, 5.74) is 4.72. The van der Waals surface area contributed by atoms with E-state index in [0.717, 1.165) is 22.5 Å². The maximum atomic E-state index is 13.2. The standard InChI is InChI=1S/C27H20FN5OS/c1-17-25(35-27(31-17)19-7-9-20(28)10-8-19)26(34)33-22-13-11-21(12-14-22)32-24-15-23(29-16-30-24)18-5-3-2-4-6-18/h2-16H,1H3,(H,33,34)(H,29,30,32). The largest absolute Gasteiger partial charge is 0.340 e. The van der Waals surface area contributed by atoms with Gasteiger partial charge in [0, 0.05) is 28.6 Å². The Hall–Kier alpha value is -4.43. The summed E-state index contributed by atoms with van der Waals surface area (Å²) in [5.74, 6) is 0.121. The van der Waals surface area contributed by atoms with Gasteiger partial charge in [-0.1, -0.05) is 30.3 Å². The van der Waals surface area contributed by atoms with Crippen LogP contribution < -0.4 is 10.6 Å². The summed E-state index contributed by atoms with van der Waals surface area (Å²) in [6.07, 6.45) is 1.52. The summed E-state index contributed by atoms with van der Waals surface area (Å²) in [6.45, 7) is 1.79. The SMILES string of the molecule is Cc1nc(-c2ccc(F)cc2)sc1C(=O)Nc1ccc(Nc2cc(-c3ccccc3)ncn2)cc1. The van der Waals surface area contributed by atoms with Gasteiger partial charge in [0.25, 0.3) is 5.91 Å². The molecule has 3 aromatic carbocycles. The zero-order valence-electron chi connectivity index (χ0n) is 18.7. The fourth-order valence-corrected chi connectivity index (χ4v) is 4.46. The van der Waals surface area contributed by atoms with Crippen LogP contribution in [0.25, 0.3) is 21.8 Å². The molecule has 5 rings (SSSR count). The molecule has 172 valence electrons. The van der Waals surface area contributed by atoms with Gasteiger partial charge >= 0.3 is 0 Å². The molecule has 0 bridgehead atoms. The number of hydrogen-bond donors (Lipinski definition) is 2. The Morgan fingerprint density at radius 3 is 2.31 bits per heavy atom. The summed E-state index contributed by atoms with van der Waals surface area (Å²) < 4.78 is 13.2. The molecule has 8 heteroatoms. The molecule has 0 saturated heterocycles. The predicted octanol–water partition coefficient (Wildman–Crippen LogP) is 6.71. The van der Waals surface area contributed by atoms with Crippen molar-refractivity contribution in [2.45, 2.75) is 6.92 Å². The highest BCUT2D eigenvalue weighted by Gasteiger charge is 2.16. The normalized spacial score (nSPS) is 10.7. The molecule has 0 aliphatic heterocycles. The van der Waals surface area contributed by atoms with Crippen molar-refractivity contribution in [1.29, 1.82) is 0 Å². The molecule has 1 amide bonds. The lowest BCUT2D eigenvalue weighted by molar-refractivity contribution is 0.103. The Morgan fingerprint density at radius 1 is 0.857 bits per heavy atom. The molecule has 0 aliphatic carbocycles. The van der Waals surface area contributed by atoms with Gasteiger partial charge in [-0.3, -0.25) is 4.79 Å². The number of anilines is 3. The van der Waals surface area contributed by atoms with Gasteiger partial charge in [-0.15, -0.1) is 11.3 Å². The minimum atomic E-state index is -0.311. The molecule has 0 aliphatic rings. The predicted molar refractivity (Wildman–Crippen MR) is 137 cm³/mol. The summed E-state index contributed by atoms with van der Waals surface area (Å²) in [4.78, 5) is 26.5. The zero-order valence-corrected chi connectivity index (χ0v) is 19.5. The number of hydrogen-bond acceptors (Lipinski definition) is 6. The third-order valence-corrected chi connectivity index (χ3v) is 6.45. The monoisotopic (exact) mass is 481 g/mol. The Morgan fingerprint density at radius 2 is 1.57 bits per heavy atom. The molecule has 0 spiro atoms. The van der Waals surface area contributed by atoms with Crippen LogP contribution in [0.3, 0.4) is 0 Å². The first-order valence-electron chi connectivity index (χ1n) is 10.8. The van der Waals surface area contributed by atoms with Crippen molar-refractivity contribution in [2.75, 3.05) is 10.6 Å². The van der Waals surface area contributed by atoms with E-state index in [0.29, 0.717) is 27.1 Å². The average Bonchev–Trinajstić information content (AvgIpc) is 3.28. The zero-order chi connectivity index (χ0) is 24.2. The van der Waals surface area contributed by atoms with Crippen molar-refractivity contribution >= 4 is 34.4 Å². The third kappa shape index (κ3) is 5.23. The molecule has 6 nitrogen and oxygen atoms in total. The lowest BCUT2D eigenvalue weighted by Gasteiger charge is -2.09. The first-order valence-corrected chi connectivity index (χ1v) is 11.7. The number of thiazole rings is 1. The molecule has 0 saturated carbocycles. The van der Waals surface area contributed by atoms with Gasteiger partial charge in [0.05, 0.1) is 11.4 Å². The van der Waals surface area contributed by atoms with Crippen molar-refractivity contribution in [3.63, 3.8) is 0 Å². The number of rotatable bonds is 6. The van der Waals surface area contributed by atoms with Crippen molar-refractivity contribution in [2.24, 2.45) is 0 Å². The minimum absolute atomic E-state index is 0.239. The highest BCUT2D eigenvalue weighted by atomic mass is 32.1. The topological polar surface area (TPSA) is 79.8 Å². The van der Waals surface area contributed by atoms with Crippen molar-refractivity contribution in [3.05, 3.63) is 108 Å². The summed E-state index contributed by atoms with van der Waals surface area (Å²) in [6, 6.07) is 25.2. The van der Waals surface area contributed by atoms with E-state index in [1.165, 1.54) is 29.8 Å². The second kappa shape index (κ2) is 9.82. The van der Waals surface area contributed by atoms with Gasteiger partial charge in [0.1, 0.15) is 27.8 Å². The Balaban J connectivity index is 1.26. The molecule has 35 heavy (non-hydrogen) atoms. The molecular formula is C27H20FN5OS.